The fraction of sp³-hybridized carbons (Fsp3) is 0.500. The second kappa shape index (κ2) is 6.04. The monoisotopic (exact) mass is 373 g/mol. The molecule has 6 nitrogen and oxygen atoms in total. The molecule has 0 aliphatic heterocycles. The fourth-order valence-electron chi connectivity index (χ4n) is 2.93. The standard InChI is InChI=1S/C16H20ClNO5S/c1-15(2,3)23-14(20)18-16(9-19)12(13(16)24(4,21)22)10-6-5-7-11(17)8-10/h5-9,12-13H,1-4H3,(H,18,20)/t12-,13-,16+/m0/s1. The number of alkyl carbamates (subject to hydrolysis) is 1. The third kappa shape index (κ3) is 3.72. The van der Waals surface area contributed by atoms with Crippen LogP contribution in [-0.4, -0.2) is 43.4 Å². The summed E-state index contributed by atoms with van der Waals surface area (Å²) in [7, 11) is -3.59. The van der Waals surface area contributed by atoms with Crippen molar-refractivity contribution >= 4 is 33.8 Å². The van der Waals surface area contributed by atoms with Crippen LogP contribution in [0.3, 0.4) is 0 Å². The largest absolute Gasteiger partial charge is 0.444 e. The molecule has 2 rings (SSSR count). The van der Waals surface area contributed by atoms with Gasteiger partial charge in [0.2, 0.25) is 0 Å². The first-order valence-electron chi connectivity index (χ1n) is 7.32. The van der Waals surface area contributed by atoms with Gasteiger partial charge in [-0.15, -0.1) is 0 Å². The zero-order valence-electron chi connectivity index (χ0n) is 13.9. The van der Waals surface area contributed by atoms with E-state index in [1.54, 1.807) is 45.0 Å². The Kier molecular flexibility index (Phi) is 4.71. The molecule has 24 heavy (non-hydrogen) atoms. The van der Waals surface area contributed by atoms with Crippen LogP contribution in [0.4, 0.5) is 4.79 Å². The van der Waals surface area contributed by atoms with Crippen LogP contribution in [-0.2, 0) is 19.4 Å². The smallest absolute Gasteiger partial charge is 0.408 e. The Hall–Kier alpha value is -1.60. The zero-order valence-corrected chi connectivity index (χ0v) is 15.4. The number of halogens is 1. The average Bonchev–Trinajstić information content (AvgIpc) is 3.05. The van der Waals surface area contributed by atoms with Crippen LogP contribution in [0.1, 0.15) is 32.3 Å². The summed E-state index contributed by atoms with van der Waals surface area (Å²) < 4.78 is 29.4. The predicted molar refractivity (Wildman–Crippen MR) is 91.0 cm³/mol. The van der Waals surface area contributed by atoms with E-state index in [9.17, 15) is 18.0 Å². The van der Waals surface area contributed by atoms with Gasteiger partial charge in [-0.2, -0.15) is 0 Å². The molecule has 3 atom stereocenters. The first-order valence-corrected chi connectivity index (χ1v) is 9.66. The quantitative estimate of drug-likeness (QED) is 0.818. The van der Waals surface area contributed by atoms with Crippen LogP contribution >= 0.6 is 11.6 Å². The molecule has 1 saturated carbocycles. The van der Waals surface area contributed by atoms with Gasteiger partial charge in [0.1, 0.15) is 22.7 Å². The third-order valence-electron chi connectivity index (χ3n) is 3.76. The van der Waals surface area contributed by atoms with E-state index >= 15 is 0 Å². The molecule has 1 amide bonds. The molecule has 1 aliphatic carbocycles. The van der Waals surface area contributed by atoms with Gasteiger partial charge < -0.3 is 14.8 Å². The minimum absolute atomic E-state index is 0.420. The molecule has 0 spiro atoms. The Morgan fingerprint density at radius 3 is 2.46 bits per heavy atom. The molecule has 1 N–H and O–H groups in total. The number of hydrogen-bond acceptors (Lipinski definition) is 5. The van der Waals surface area contributed by atoms with Crippen LogP contribution in [0.25, 0.3) is 0 Å². The van der Waals surface area contributed by atoms with Crippen molar-refractivity contribution in [3.63, 3.8) is 0 Å². The van der Waals surface area contributed by atoms with Crippen molar-refractivity contribution < 1.29 is 22.7 Å². The van der Waals surface area contributed by atoms with E-state index in [1.807, 2.05) is 0 Å². The summed E-state index contributed by atoms with van der Waals surface area (Å²) in [5, 5.41) is 1.81. The van der Waals surface area contributed by atoms with Gasteiger partial charge in [-0.05, 0) is 38.5 Å². The van der Waals surface area contributed by atoms with Crippen molar-refractivity contribution in [2.24, 2.45) is 0 Å². The second-order valence-electron chi connectivity index (χ2n) is 6.96. The number of ether oxygens (including phenoxy) is 1. The first kappa shape index (κ1) is 18.7. The molecule has 0 bridgehead atoms. The summed E-state index contributed by atoms with van der Waals surface area (Å²) in [6.07, 6.45) is 0.665. The van der Waals surface area contributed by atoms with Gasteiger partial charge in [0.15, 0.2) is 9.84 Å². The number of sulfone groups is 1. The van der Waals surface area contributed by atoms with Crippen molar-refractivity contribution in [3.05, 3.63) is 34.9 Å². The topological polar surface area (TPSA) is 89.5 Å². The van der Waals surface area contributed by atoms with Crippen LogP contribution in [0.2, 0.25) is 5.02 Å². The highest BCUT2D eigenvalue weighted by atomic mass is 35.5. The van der Waals surface area contributed by atoms with Gasteiger partial charge in [0.25, 0.3) is 0 Å². The van der Waals surface area contributed by atoms with E-state index in [1.165, 1.54) is 0 Å². The van der Waals surface area contributed by atoms with Gasteiger partial charge in [0, 0.05) is 17.2 Å². The second-order valence-corrected chi connectivity index (χ2v) is 9.56. The van der Waals surface area contributed by atoms with Gasteiger partial charge in [-0.3, -0.25) is 0 Å². The van der Waals surface area contributed by atoms with Crippen molar-refractivity contribution in [1.82, 2.24) is 5.32 Å². The maximum absolute atomic E-state index is 12.1. The Morgan fingerprint density at radius 1 is 1.38 bits per heavy atom. The molecule has 1 aliphatic rings. The average molecular weight is 374 g/mol. The van der Waals surface area contributed by atoms with E-state index in [-0.39, 0.29) is 0 Å². The van der Waals surface area contributed by atoms with E-state index in [0.717, 1.165) is 6.26 Å². The van der Waals surface area contributed by atoms with E-state index in [2.05, 4.69) is 5.32 Å². The lowest BCUT2D eigenvalue weighted by Crippen LogP contribution is -2.45. The molecule has 1 aromatic rings. The SMILES string of the molecule is CC(C)(C)OC(=O)N[C@]1(C=O)[C@@H](c2cccc(Cl)c2)[C@@H]1S(C)(=O)=O. The molecule has 0 heterocycles. The molecule has 1 fully saturated rings. The summed E-state index contributed by atoms with van der Waals surface area (Å²) in [4.78, 5) is 23.8. The van der Waals surface area contributed by atoms with Gasteiger partial charge in [-0.1, -0.05) is 23.7 Å². The maximum atomic E-state index is 12.1. The summed E-state index contributed by atoms with van der Waals surface area (Å²) in [5.41, 5.74) is -1.75. The summed E-state index contributed by atoms with van der Waals surface area (Å²) in [6, 6.07) is 6.58. The number of hydrogen-bond donors (Lipinski definition) is 1. The zero-order chi connectivity index (χ0) is 18.3. The van der Waals surface area contributed by atoms with Crippen LogP contribution in [0, 0.1) is 0 Å². The summed E-state index contributed by atoms with van der Waals surface area (Å²) >= 11 is 5.96. The van der Waals surface area contributed by atoms with Gasteiger partial charge >= 0.3 is 6.09 Å². The molecule has 1 aromatic carbocycles. The summed E-state index contributed by atoms with van der Waals surface area (Å²) in [5.74, 6) is -0.712. The molecule has 8 heteroatoms. The molecule has 0 unspecified atom stereocenters. The Balaban J connectivity index is 2.38. The Labute approximate surface area is 146 Å². The van der Waals surface area contributed by atoms with Gasteiger partial charge in [0.05, 0.1) is 0 Å². The molecule has 0 aromatic heterocycles. The van der Waals surface area contributed by atoms with E-state index in [4.69, 9.17) is 16.3 Å². The van der Waals surface area contributed by atoms with E-state index in [0.29, 0.717) is 16.9 Å². The number of carbonyl (C=O) groups excluding carboxylic acids is 2. The minimum atomic E-state index is -3.59. The van der Waals surface area contributed by atoms with Crippen molar-refractivity contribution in [3.8, 4) is 0 Å². The molecule has 0 saturated heterocycles. The first-order chi connectivity index (χ1) is 10.9. The minimum Gasteiger partial charge on any atom is -0.444 e. The van der Waals surface area contributed by atoms with Crippen LogP contribution in [0.15, 0.2) is 24.3 Å². The normalized spacial score (nSPS) is 26.5. The highest BCUT2D eigenvalue weighted by Crippen LogP contribution is 2.54. The lowest BCUT2D eigenvalue weighted by Gasteiger charge is -2.22. The predicted octanol–water partition coefficient (Wildman–Crippen LogP) is 2.31. The summed E-state index contributed by atoms with van der Waals surface area (Å²) in [6.45, 7) is 5.03. The van der Waals surface area contributed by atoms with Gasteiger partial charge in [-0.25, -0.2) is 13.2 Å². The number of nitrogens with one attached hydrogen (secondary N) is 1. The number of amides is 1. The number of benzene rings is 1. The highest BCUT2D eigenvalue weighted by Gasteiger charge is 2.71. The van der Waals surface area contributed by atoms with Crippen molar-refractivity contribution in [2.45, 2.75) is 43.1 Å². The van der Waals surface area contributed by atoms with Crippen molar-refractivity contribution in [2.75, 3.05) is 6.26 Å². The Morgan fingerprint density at radius 2 is 2.00 bits per heavy atom. The fourth-order valence-corrected chi connectivity index (χ4v) is 4.89. The molecular weight excluding hydrogens is 354 g/mol. The van der Waals surface area contributed by atoms with Crippen LogP contribution in [0.5, 0.6) is 0 Å². The third-order valence-corrected chi connectivity index (χ3v) is 5.58. The molecular formula is C16H20ClNO5S. The lowest BCUT2D eigenvalue weighted by atomic mass is 10.1. The molecule has 132 valence electrons. The maximum Gasteiger partial charge on any atom is 0.408 e. The van der Waals surface area contributed by atoms with E-state index < -0.39 is 38.2 Å². The molecule has 0 radical (unpaired) electrons. The van der Waals surface area contributed by atoms with Crippen LogP contribution < -0.4 is 5.32 Å². The number of aldehydes is 1. The van der Waals surface area contributed by atoms with Crippen molar-refractivity contribution in [1.29, 1.82) is 0 Å². The lowest BCUT2D eigenvalue weighted by molar-refractivity contribution is -0.110. The number of carbonyl (C=O) groups is 2. The number of rotatable bonds is 4. The highest BCUT2D eigenvalue weighted by molar-refractivity contribution is 7.91. The Bertz CT molecular complexity index is 771.